The zero-order valence-electron chi connectivity index (χ0n) is 15.1. The van der Waals surface area contributed by atoms with Crippen LogP contribution < -0.4 is 0 Å². The van der Waals surface area contributed by atoms with Crippen molar-refractivity contribution < 1.29 is 4.79 Å². The normalized spacial score (nSPS) is 10.9. The van der Waals surface area contributed by atoms with Gasteiger partial charge in [-0.3, -0.25) is 14.2 Å². The predicted octanol–water partition coefficient (Wildman–Crippen LogP) is 2.55. The minimum absolute atomic E-state index is 0.000860. The van der Waals surface area contributed by atoms with E-state index >= 15 is 0 Å². The molecule has 0 aliphatic carbocycles. The fourth-order valence-corrected chi connectivity index (χ4v) is 2.93. The van der Waals surface area contributed by atoms with Crippen LogP contribution in [0.3, 0.4) is 0 Å². The van der Waals surface area contributed by atoms with E-state index in [1.165, 1.54) is 0 Å². The number of amides is 1. The van der Waals surface area contributed by atoms with Crippen LogP contribution in [-0.2, 0) is 20.1 Å². The van der Waals surface area contributed by atoms with Gasteiger partial charge in [0.05, 0.1) is 18.4 Å². The molecule has 25 heavy (non-hydrogen) atoms. The van der Waals surface area contributed by atoms with E-state index in [0.29, 0.717) is 18.7 Å². The summed E-state index contributed by atoms with van der Waals surface area (Å²) in [5, 5.41) is 8.63. The molecule has 3 rings (SSSR count). The fraction of sp³-hybridized carbons (Fsp3) is 0.316. The van der Waals surface area contributed by atoms with Crippen LogP contribution in [0.25, 0.3) is 0 Å². The zero-order valence-corrected chi connectivity index (χ0v) is 15.1. The maximum absolute atomic E-state index is 12.7. The summed E-state index contributed by atoms with van der Waals surface area (Å²) >= 11 is 0. The molecule has 6 heteroatoms. The van der Waals surface area contributed by atoms with Crippen molar-refractivity contribution >= 4 is 5.91 Å². The lowest BCUT2D eigenvalue weighted by Gasteiger charge is -2.17. The molecule has 3 aromatic rings. The van der Waals surface area contributed by atoms with Gasteiger partial charge in [0.2, 0.25) is 0 Å². The first-order chi connectivity index (χ1) is 11.9. The van der Waals surface area contributed by atoms with Crippen molar-refractivity contribution in [2.45, 2.75) is 26.9 Å². The highest BCUT2D eigenvalue weighted by atomic mass is 16.2. The molecule has 6 nitrogen and oxygen atoms in total. The van der Waals surface area contributed by atoms with Gasteiger partial charge in [0.25, 0.3) is 5.91 Å². The van der Waals surface area contributed by atoms with Crippen LogP contribution >= 0.6 is 0 Å². The number of carbonyl (C=O) groups is 1. The second-order valence-electron chi connectivity index (χ2n) is 6.47. The van der Waals surface area contributed by atoms with Crippen molar-refractivity contribution in [1.82, 2.24) is 24.5 Å². The first-order valence-corrected chi connectivity index (χ1v) is 8.25. The van der Waals surface area contributed by atoms with Gasteiger partial charge in [-0.1, -0.05) is 12.1 Å². The van der Waals surface area contributed by atoms with Crippen molar-refractivity contribution in [3.8, 4) is 0 Å². The van der Waals surface area contributed by atoms with Gasteiger partial charge in [0, 0.05) is 43.7 Å². The molecule has 0 atom stereocenters. The Hall–Kier alpha value is -2.89. The highest BCUT2D eigenvalue weighted by Crippen LogP contribution is 2.13. The standard InChI is InChI=1S/C19H23N5O/c1-14-8-15(2)24(21-14)13-16-6-5-7-18(9-16)19(25)22(3)11-17-10-20-23(4)12-17/h5-10,12H,11,13H2,1-4H3. The van der Waals surface area contributed by atoms with Gasteiger partial charge < -0.3 is 4.90 Å². The smallest absolute Gasteiger partial charge is 0.253 e. The monoisotopic (exact) mass is 337 g/mol. The minimum atomic E-state index is -0.000860. The van der Waals surface area contributed by atoms with Gasteiger partial charge in [-0.25, -0.2) is 0 Å². The summed E-state index contributed by atoms with van der Waals surface area (Å²) in [4.78, 5) is 14.4. The van der Waals surface area contributed by atoms with Gasteiger partial charge in [-0.15, -0.1) is 0 Å². The van der Waals surface area contributed by atoms with Crippen molar-refractivity contribution in [2.24, 2.45) is 7.05 Å². The first kappa shape index (κ1) is 17.0. The molecular formula is C19H23N5O. The number of nitrogens with zero attached hydrogens (tertiary/aromatic N) is 5. The molecule has 0 unspecified atom stereocenters. The number of aryl methyl sites for hydroxylation is 3. The quantitative estimate of drug-likeness (QED) is 0.719. The Morgan fingerprint density at radius 2 is 2.00 bits per heavy atom. The molecule has 2 aromatic heterocycles. The first-order valence-electron chi connectivity index (χ1n) is 8.25. The molecule has 0 radical (unpaired) electrons. The Bertz CT molecular complexity index is 893. The highest BCUT2D eigenvalue weighted by Gasteiger charge is 2.13. The van der Waals surface area contributed by atoms with Gasteiger partial charge in [0.1, 0.15) is 0 Å². The number of benzene rings is 1. The van der Waals surface area contributed by atoms with E-state index in [9.17, 15) is 4.79 Å². The molecule has 0 saturated heterocycles. The van der Waals surface area contributed by atoms with Crippen molar-refractivity contribution in [3.05, 3.63) is 70.8 Å². The molecule has 0 spiro atoms. The summed E-state index contributed by atoms with van der Waals surface area (Å²) in [7, 11) is 3.68. The molecular weight excluding hydrogens is 314 g/mol. The Balaban J connectivity index is 1.73. The summed E-state index contributed by atoms with van der Waals surface area (Å²) < 4.78 is 3.70. The Kier molecular flexibility index (Phi) is 4.70. The highest BCUT2D eigenvalue weighted by molar-refractivity contribution is 5.94. The molecule has 1 amide bonds. The topological polar surface area (TPSA) is 56.0 Å². The second-order valence-corrected chi connectivity index (χ2v) is 6.47. The van der Waals surface area contributed by atoms with Crippen LogP contribution in [0, 0.1) is 13.8 Å². The van der Waals surface area contributed by atoms with Gasteiger partial charge in [-0.2, -0.15) is 10.2 Å². The lowest BCUT2D eigenvalue weighted by Crippen LogP contribution is -2.26. The predicted molar refractivity (Wildman–Crippen MR) is 96.3 cm³/mol. The third kappa shape index (κ3) is 3.96. The molecule has 1 aromatic carbocycles. The van der Waals surface area contributed by atoms with Crippen LogP contribution in [0.5, 0.6) is 0 Å². The van der Waals surface area contributed by atoms with Crippen LogP contribution in [-0.4, -0.2) is 37.4 Å². The molecule has 0 aliphatic rings. The Labute approximate surface area is 147 Å². The molecule has 0 fully saturated rings. The van der Waals surface area contributed by atoms with Gasteiger partial charge in [-0.05, 0) is 37.6 Å². The lowest BCUT2D eigenvalue weighted by molar-refractivity contribution is 0.0785. The summed E-state index contributed by atoms with van der Waals surface area (Å²) in [5.41, 5.74) is 4.87. The average molecular weight is 337 g/mol. The third-order valence-electron chi connectivity index (χ3n) is 4.13. The Morgan fingerprint density at radius 1 is 1.20 bits per heavy atom. The van der Waals surface area contributed by atoms with Crippen LogP contribution in [0.1, 0.15) is 32.9 Å². The van der Waals surface area contributed by atoms with Gasteiger partial charge >= 0.3 is 0 Å². The van der Waals surface area contributed by atoms with E-state index in [1.54, 1.807) is 15.8 Å². The Morgan fingerprint density at radius 3 is 2.64 bits per heavy atom. The molecule has 0 aliphatic heterocycles. The largest absolute Gasteiger partial charge is 0.337 e. The molecule has 2 heterocycles. The van der Waals surface area contributed by atoms with Crippen LogP contribution in [0.2, 0.25) is 0 Å². The summed E-state index contributed by atoms with van der Waals surface area (Å²) in [5.74, 6) is -0.000860. The number of rotatable bonds is 5. The number of aromatic nitrogens is 4. The fourth-order valence-electron chi connectivity index (χ4n) is 2.93. The molecule has 130 valence electrons. The van der Waals surface area contributed by atoms with E-state index in [-0.39, 0.29) is 5.91 Å². The van der Waals surface area contributed by atoms with E-state index in [1.807, 2.05) is 63.1 Å². The summed E-state index contributed by atoms with van der Waals surface area (Å²) in [6.45, 7) is 5.22. The van der Waals surface area contributed by atoms with Crippen molar-refractivity contribution in [2.75, 3.05) is 7.05 Å². The van der Waals surface area contributed by atoms with E-state index < -0.39 is 0 Å². The van der Waals surface area contributed by atoms with Gasteiger partial charge in [0.15, 0.2) is 0 Å². The lowest BCUT2D eigenvalue weighted by atomic mass is 10.1. The van der Waals surface area contributed by atoms with Crippen molar-refractivity contribution in [3.63, 3.8) is 0 Å². The number of carbonyl (C=O) groups excluding carboxylic acids is 1. The number of hydrogen-bond donors (Lipinski definition) is 0. The van der Waals surface area contributed by atoms with Crippen LogP contribution in [0.15, 0.2) is 42.7 Å². The molecule has 0 bridgehead atoms. The summed E-state index contributed by atoms with van der Waals surface area (Å²) in [6.07, 6.45) is 3.70. The van der Waals surface area contributed by atoms with Crippen molar-refractivity contribution in [1.29, 1.82) is 0 Å². The van der Waals surface area contributed by atoms with E-state index in [2.05, 4.69) is 16.3 Å². The second kappa shape index (κ2) is 6.93. The zero-order chi connectivity index (χ0) is 18.0. The van der Waals surface area contributed by atoms with E-state index in [4.69, 9.17) is 0 Å². The minimum Gasteiger partial charge on any atom is -0.337 e. The summed E-state index contributed by atoms with van der Waals surface area (Å²) in [6, 6.07) is 9.79. The maximum atomic E-state index is 12.7. The molecule has 0 saturated carbocycles. The molecule has 0 N–H and O–H groups in total. The SMILES string of the molecule is Cc1cc(C)n(Cc2cccc(C(=O)N(C)Cc3cnn(C)c3)c2)n1. The third-order valence-corrected chi connectivity index (χ3v) is 4.13. The number of hydrogen-bond acceptors (Lipinski definition) is 3. The maximum Gasteiger partial charge on any atom is 0.253 e. The van der Waals surface area contributed by atoms with E-state index in [0.717, 1.165) is 22.5 Å². The average Bonchev–Trinajstić information content (AvgIpc) is 3.11. The van der Waals surface area contributed by atoms with Crippen LogP contribution in [0.4, 0.5) is 0 Å².